The van der Waals surface area contributed by atoms with Gasteiger partial charge in [-0.3, -0.25) is 9.69 Å². The van der Waals surface area contributed by atoms with Crippen LogP contribution in [0, 0.1) is 12.8 Å². The summed E-state index contributed by atoms with van der Waals surface area (Å²) in [5.41, 5.74) is 2.54. The summed E-state index contributed by atoms with van der Waals surface area (Å²) in [6, 6.07) is 7.34. The van der Waals surface area contributed by atoms with Gasteiger partial charge in [-0.1, -0.05) is 28.4 Å². The number of oxime groups is 1. The molecular formula is C20H22Cl2N2O3S. The molecule has 1 aliphatic rings. The molecule has 1 fully saturated rings. The van der Waals surface area contributed by atoms with Gasteiger partial charge in [0, 0.05) is 23.7 Å². The van der Waals surface area contributed by atoms with E-state index in [1.165, 1.54) is 0 Å². The third kappa shape index (κ3) is 5.26. The Balaban J connectivity index is 1.70. The molecule has 0 bridgehead atoms. The number of likely N-dealkylation sites (tertiary alicyclic amines) is 1. The minimum absolute atomic E-state index is 0.297. The van der Waals surface area contributed by atoms with Gasteiger partial charge >= 0.3 is 5.97 Å². The Bertz CT molecular complexity index is 869. The van der Waals surface area contributed by atoms with Crippen molar-refractivity contribution in [1.82, 2.24) is 4.90 Å². The highest BCUT2D eigenvalue weighted by atomic mass is 35.5. The van der Waals surface area contributed by atoms with Crippen LogP contribution >= 0.6 is 34.5 Å². The van der Waals surface area contributed by atoms with Crippen LogP contribution in [-0.4, -0.2) is 47.9 Å². The molecule has 2 heterocycles. The number of carbonyl (C=O) groups is 1. The number of hydrogen-bond acceptors (Lipinski definition) is 5. The van der Waals surface area contributed by atoms with Gasteiger partial charge in [-0.2, -0.15) is 0 Å². The molecule has 1 aromatic heterocycles. The number of piperidine rings is 1. The Morgan fingerprint density at radius 3 is 2.89 bits per heavy atom. The van der Waals surface area contributed by atoms with Crippen LogP contribution in [0.4, 0.5) is 0 Å². The Kier molecular flexibility index (Phi) is 7.35. The van der Waals surface area contributed by atoms with Gasteiger partial charge in [0.25, 0.3) is 0 Å². The smallest absolute Gasteiger partial charge is 0.307 e. The Morgan fingerprint density at radius 2 is 2.21 bits per heavy atom. The molecule has 0 saturated carbocycles. The zero-order chi connectivity index (χ0) is 20.1. The van der Waals surface area contributed by atoms with Crippen molar-refractivity contribution in [3.8, 4) is 0 Å². The standard InChI is InChI=1S/C20H22Cl2N2O3S/c1-13-6-10-28-19(13)18(16-5-4-15(21)11-17(16)22)23-27-9-8-24-7-2-3-14(12-24)20(25)26/h4-6,10-11,14H,2-3,7-9,12H2,1H3,(H,25,26)/b23-18-. The minimum Gasteiger partial charge on any atom is -0.481 e. The number of aliphatic carboxylic acids is 1. The number of benzene rings is 1. The number of rotatable bonds is 7. The van der Waals surface area contributed by atoms with Crippen LogP contribution in [0.3, 0.4) is 0 Å². The Hall–Kier alpha value is -1.60. The molecule has 1 atom stereocenters. The maximum Gasteiger partial charge on any atom is 0.307 e. The van der Waals surface area contributed by atoms with Gasteiger partial charge in [0.1, 0.15) is 12.3 Å². The molecule has 1 saturated heterocycles. The lowest BCUT2D eigenvalue weighted by atomic mass is 9.98. The van der Waals surface area contributed by atoms with E-state index in [-0.39, 0.29) is 5.92 Å². The van der Waals surface area contributed by atoms with Crippen LogP contribution in [0.1, 0.15) is 28.8 Å². The van der Waals surface area contributed by atoms with E-state index in [2.05, 4.69) is 10.1 Å². The monoisotopic (exact) mass is 440 g/mol. The first-order chi connectivity index (χ1) is 13.5. The third-order valence-electron chi connectivity index (χ3n) is 4.77. The van der Waals surface area contributed by atoms with Gasteiger partial charge in [0.15, 0.2) is 0 Å². The summed E-state index contributed by atoms with van der Waals surface area (Å²) in [6.07, 6.45) is 1.63. The Labute approximate surface area is 178 Å². The maximum absolute atomic E-state index is 11.2. The van der Waals surface area contributed by atoms with Crippen molar-refractivity contribution in [1.29, 1.82) is 0 Å². The second-order valence-corrected chi connectivity index (χ2v) is 8.57. The van der Waals surface area contributed by atoms with E-state index < -0.39 is 5.97 Å². The number of aryl methyl sites for hydroxylation is 1. The fourth-order valence-electron chi connectivity index (χ4n) is 3.25. The van der Waals surface area contributed by atoms with Crippen molar-refractivity contribution in [2.45, 2.75) is 19.8 Å². The topological polar surface area (TPSA) is 62.1 Å². The first-order valence-electron chi connectivity index (χ1n) is 9.10. The average molecular weight is 441 g/mol. The fraction of sp³-hybridized carbons (Fsp3) is 0.400. The largest absolute Gasteiger partial charge is 0.481 e. The summed E-state index contributed by atoms with van der Waals surface area (Å²) in [4.78, 5) is 19.9. The number of nitrogens with zero attached hydrogens (tertiary/aromatic N) is 2. The third-order valence-corrected chi connectivity index (χ3v) is 6.34. The molecule has 0 spiro atoms. The normalized spacial score (nSPS) is 18.2. The predicted molar refractivity (Wildman–Crippen MR) is 114 cm³/mol. The molecule has 150 valence electrons. The van der Waals surface area contributed by atoms with Crippen molar-refractivity contribution in [3.05, 3.63) is 55.7 Å². The lowest BCUT2D eigenvalue weighted by molar-refractivity contribution is -0.143. The summed E-state index contributed by atoms with van der Waals surface area (Å²) in [5, 5.41) is 16.7. The van der Waals surface area contributed by atoms with Crippen molar-refractivity contribution in [2.24, 2.45) is 11.1 Å². The van der Waals surface area contributed by atoms with E-state index in [0.717, 1.165) is 35.4 Å². The molecule has 0 radical (unpaired) electrons. The lowest BCUT2D eigenvalue weighted by Crippen LogP contribution is -2.40. The Morgan fingerprint density at radius 1 is 1.39 bits per heavy atom. The zero-order valence-electron chi connectivity index (χ0n) is 15.5. The molecule has 1 unspecified atom stereocenters. The van der Waals surface area contributed by atoms with Crippen LogP contribution in [0.15, 0.2) is 34.8 Å². The molecule has 1 N–H and O–H groups in total. The number of thiophene rings is 1. The van der Waals surface area contributed by atoms with Crippen molar-refractivity contribution >= 4 is 46.2 Å². The van der Waals surface area contributed by atoms with Gasteiger partial charge < -0.3 is 9.94 Å². The van der Waals surface area contributed by atoms with Gasteiger partial charge in [0.05, 0.1) is 15.8 Å². The molecule has 0 aliphatic carbocycles. The first kappa shape index (κ1) is 21.1. The van der Waals surface area contributed by atoms with Gasteiger partial charge in [-0.25, -0.2) is 0 Å². The summed E-state index contributed by atoms with van der Waals surface area (Å²) in [7, 11) is 0. The van der Waals surface area contributed by atoms with Gasteiger partial charge in [0.2, 0.25) is 0 Å². The van der Waals surface area contributed by atoms with Crippen LogP contribution in [0.25, 0.3) is 0 Å². The van der Waals surface area contributed by atoms with Crippen LogP contribution in [0.2, 0.25) is 10.0 Å². The number of hydrogen-bond donors (Lipinski definition) is 1. The number of carboxylic acids is 1. The molecule has 2 aromatic rings. The van der Waals surface area contributed by atoms with Crippen molar-refractivity contribution in [2.75, 3.05) is 26.2 Å². The molecule has 8 heteroatoms. The molecular weight excluding hydrogens is 419 g/mol. The molecule has 1 aromatic carbocycles. The molecule has 1 aliphatic heterocycles. The van der Waals surface area contributed by atoms with E-state index in [9.17, 15) is 9.90 Å². The van der Waals surface area contributed by atoms with Gasteiger partial charge in [-0.05, 0) is 61.5 Å². The molecule has 5 nitrogen and oxygen atoms in total. The van der Waals surface area contributed by atoms with E-state index >= 15 is 0 Å². The van der Waals surface area contributed by atoms with Crippen molar-refractivity contribution in [3.63, 3.8) is 0 Å². The zero-order valence-corrected chi connectivity index (χ0v) is 17.9. The highest BCUT2D eigenvalue weighted by Crippen LogP contribution is 2.27. The second-order valence-electron chi connectivity index (χ2n) is 6.81. The van der Waals surface area contributed by atoms with E-state index in [1.54, 1.807) is 23.5 Å². The van der Waals surface area contributed by atoms with Crippen LogP contribution in [-0.2, 0) is 9.63 Å². The summed E-state index contributed by atoms with van der Waals surface area (Å²) >= 11 is 14.0. The maximum atomic E-state index is 11.2. The SMILES string of the molecule is Cc1ccsc1/C(=N\OCCN1CCCC(C(=O)O)C1)c1ccc(Cl)cc1Cl. The van der Waals surface area contributed by atoms with Gasteiger partial charge in [-0.15, -0.1) is 11.3 Å². The quantitative estimate of drug-likeness (QED) is 0.376. The first-order valence-corrected chi connectivity index (χ1v) is 10.7. The highest BCUT2D eigenvalue weighted by Gasteiger charge is 2.25. The molecule has 3 rings (SSSR count). The predicted octanol–water partition coefficient (Wildman–Crippen LogP) is 4.93. The molecule has 28 heavy (non-hydrogen) atoms. The van der Waals surface area contributed by atoms with Crippen molar-refractivity contribution < 1.29 is 14.7 Å². The van der Waals surface area contributed by atoms with Crippen LogP contribution < -0.4 is 0 Å². The summed E-state index contributed by atoms with van der Waals surface area (Å²) in [5.74, 6) is -1.02. The fourth-order valence-corrected chi connectivity index (χ4v) is 4.67. The summed E-state index contributed by atoms with van der Waals surface area (Å²) < 4.78 is 0. The van der Waals surface area contributed by atoms with E-state index in [0.29, 0.717) is 35.5 Å². The molecule has 0 amide bonds. The average Bonchev–Trinajstić information content (AvgIpc) is 3.08. The van der Waals surface area contributed by atoms with E-state index in [1.807, 2.05) is 24.4 Å². The minimum atomic E-state index is -0.725. The second kappa shape index (κ2) is 9.74. The number of carboxylic acid groups (broad SMARTS) is 1. The highest BCUT2D eigenvalue weighted by molar-refractivity contribution is 7.12. The summed E-state index contributed by atoms with van der Waals surface area (Å²) in [6.45, 7) is 4.48. The van der Waals surface area contributed by atoms with E-state index in [4.69, 9.17) is 28.0 Å². The van der Waals surface area contributed by atoms with Crippen LogP contribution in [0.5, 0.6) is 0 Å². The lowest BCUT2D eigenvalue weighted by Gasteiger charge is -2.29. The number of halogens is 2.